The first-order chi connectivity index (χ1) is 9.72. The van der Waals surface area contributed by atoms with E-state index < -0.39 is 0 Å². The minimum atomic E-state index is -0.379. The molecule has 0 aliphatic carbocycles. The first-order valence-corrected chi connectivity index (χ1v) is 7.02. The van der Waals surface area contributed by atoms with Crippen LogP contribution in [0, 0.1) is 11.6 Å². The van der Waals surface area contributed by atoms with Gasteiger partial charge in [-0.1, -0.05) is 12.1 Å². The first-order valence-electron chi connectivity index (χ1n) is 7.02. The standard InChI is InChI=1S/C17H17F2N/c18-15-6-7-16(19)13(11-15)5-3-12-4-8-17-14(10-12)2-1-9-20-17/h4,6-8,10-11,20H,1-3,5,9H2. The fourth-order valence-electron chi connectivity index (χ4n) is 2.70. The molecule has 3 heteroatoms. The van der Waals surface area contributed by atoms with E-state index in [4.69, 9.17) is 0 Å². The van der Waals surface area contributed by atoms with Crippen LogP contribution in [0.25, 0.3) is 0 Å². The molecule has 1 aliphatic heterocycles. The second-order valence-electron chi connectivity index (χ2n) is 5.26. The summed E-state index contributed by atoms with van der Waals surface area (Å²) in [6.07, 6.45) is 3.49. The summed E-state index contributed by atoms with van der Waals surface area (Å²) in [5.74, 6) is -0.706. The van der Waals surface area contributed by atoms with Crippen molar-refractivity contribution in [2.24, 2.45) is 0 Å². The summed E-state index contributed by atoms with van der Waals surface area (Å²) in [5, 5.41) is 3.37. The summed E-state index contributed by atoms with van der Waals surface area (Å²) in [5.41, 5.74) is 4.15. The molecule has 2 aromatic rings. The minimum absolute atomic E-state index is 0.328. The van der Waals surface area contributed by atoms with Crippen LogP contribution in [0.1, 0.15) is 23.1 Å². The Hall–Kier alpha value is -1.90. The normalized spacial score (nSPS) is 13.7. The SMILES string of the molecule is Fc1ccc(F)c(CCc2ccc3c(c2)CCCN3)c1. The number of halogens is 2. The minimum Gasteiger partial charge on any atom is -0.385 e. The monoisotopic (exact) mass is 273 g/mol. The van der Waals surface area contributed by atoms with E-state index in [1.165, 1.54) is 28.9 Å². The van der Waals surface area contributed by atoms with Gasteiger partial charge in [-0.05, 0) is 66.6 Å². The van der Waals surface area contributed by atoms with Crippen LogP contribution in [0.4, 0.5) is 14.5 Å². The Kier molecular flexibility index (Phi) is 3.68. The van der Waals surface area contributed by atoms with Gasteiger partial charge < -0.3 is 5.32 Å². The molecule has 1 aliphatic rings. The number of fused-ring (bicyclic) bond motifs is 1. The maximum atomic E-state index is 13.6. The van der Waals surface area contributed by atoms with Gasteiger partial charge in [-0.25, -0.2) is 8.78 Å². The Bertz CT molecular complexity index is 622. The lowest BCUT2D eigenvalue weighted by molar-refractivity contribution is 0.584. The smallest absolute Gasteiger partial charge is 0.126 e. The number of hydrogen-bond donors (Lipinski definition) is 1. The van der Waals surface area contributed by atoms with E-state index in [-0.39, 0.29) is 11.6 Å². The molecule has 1 nitrogen and oxygen atoms in total. The van der Waals surface area contributed by atoms with Crippen LogP contribution in [0.15, 0.2) is 36.4 Å². The zero-order valence-electron chi connectivity index (χ0n) is 11.3. The molecule has 0 amide bonds. The van der Waals surface area contributed by atoms with Crippen molar-refractivity contribution in [3.05, 3.63) is 64.7 Å². The van der Waals surface area contributed by atoms with Gasteiger partial charge in [-0.2, -0.15) is 0 Å². The van der Waals surface area contributed by atoms with Crippen LogP contribution in [-0.4, -0.2) is 6.54 Å². The molecule has 3 rings (SSSR count). The lowest BCUT2D eigenvalue weighted by atomic mass is 9.97. The van der Waals surface area contributed by atoms with Gasteiger partial charge in [-0.15, -0.1) is 0 Å². The molecule has 0 unspecified atom stereocenters. The van der Waals surface area contributed by atoms with Crippen LogP contribution in [0.5, 0.6) is 0 Å². The number of anilines is 1. The molecule has 20 heavy (non-hydrogen) atoms. The molecular formula is C17H17F2N. The van der Waals surface area contributed by atoms with Gasteiger partial charge in [0.15, 0.2) is 0 Å². The van der Waals surface area contributed by atoms with Crippen molar-refractivity contribution in [2.45, 2.75) is 25.7 Å². The highest BCUT2D eigenvalue weighted by Crippen LogP contribution is 2.23. The molecular weight excluding hydrogens is 256 g/mol. The summed E-state index contributed by atoms with van der Waals surface area (Å²) in [6, 6.07) is 9.97. The van der Waals surface area contributed by atoms with E-state index in [1.807, 2.05) is 0 Å². The Morgan fingerprint density at radius 3 is 2.80 bits per heavy atom. The van der Waals surface area contributed by atoms with Crippen LogP contribution < -0.4 is 5.32 Å². The zero-order chi connectivity index (χ0) is 13.9. The Morgan fingerprint density at radius 1 is 1.00 bits per heavy atom. The van der Waals surface area contributed by atoms with Gasteiger partial charge in [0, 0.05) is 12.2 Å². The molecule has 104 valence electrons. The van der Waals surface area contributed by atoms with Crippen molar-refractivity contribution in [3.8, 4) is 0 Å². The first kappa shape index (κ1) is 13.1. The molecule has 0 fully saturated rings. The molecule has 0 atom stereocenters. The van der Waals surface area contributed by atoms with E-state index in [2.05, 4.69) is 23.5 Å². The molecule has 1 heterocycles. The van der Waals surface area contributed by atoms with E-state index >= 15 is 0 Å². The third-order valence-corrected chi connectivity index (χ3v) is 3.80. The van der Waals surface area contributed by atoms with E-state index in [0.29, 0.717) is 12.0 Å². The Morgan fingerprint density at radius 2 is 1.90 bits per heavy atom. The number of rotatable bonds is 3. The van der Waals surface area contributed by atoms with Crippen LogP contribution in [-0.2, 0) is 19.3 Å². The van der Waals surface area contributed by atoms with Crippen LogP contribution in [0.3, 0.4) is 0 Å². The van der Waals surface area contributed by atoms with Crippen LogP contribution in [0.2, 0.25) is 0 Å². The summed E-state index contributed by atoms with van der Waals surface area (Å²) in [4.78, 5) is 0. The topological polar surface area (TPSA) is 12.0 Å². The largest absolute Gasteiger partial charge is 0.385 e. The van der Waals surface area contributed by atoms with Crippen molar-refractivity contribution in [3.63, 3.8) is 0 Å². The maximum Gasteiger partial charge on any atom is 0.126 e. The van der Waals surface area contributed by atoms with E-state index in [9.17, 15) is 8.78 Å². The third-order valence-electron chi connectivity index (χ3n) is 3.80. The quantitative estimate of drug-likeness (QED) is 0.887. The molecule has 1 N–H and O–H groups in total. The predicted molar refractivity (Wildman–Crippen MR) is 77.0 cm³/mol. The fourth-order valence-corrected chi connectivity index (χ4v) is 2.70. The maximum absolute atomic E-state index is 13.6. The molecule has 0 bridgehead atoms. The number of benzene rings is 2. The van der Waals surface area contributed by atoms with Gasteiger partial charge in [0.05, 0.1) is 0 Å². The lowest BCUT2D eigenvalue weighted by Crippen LogP contribution is -2.11. The number of hydrogen-bond acceptors (Lipinski definition) is 1. The highest BCUT2D eigenvalue weighted by atomic mass is 19.1. The van der Waals surface area contributed by atoms with Crippen molar-refractivity contribution in [2.75, 3.05) is 11.9 Å². The average molecular weight is 273 g/mol. The molecule has 0 radical (unpaired) electrons. The van der Waals surface area contributed by atoms with Crippen molar-refractivity contribution >= 4 is 5.69 Å². The van der Waals surface area contributed by atoms with E-state index in [0.717, 1.165) is 31.9 Å². The summed E-state index contributed by atoms with van der Waals surface area (Å²) < 4.78 is 26.7. The molecule has 2 aromatic carbocycles. The molecule has 0 saturated carbocycles. The van der Waals surface area contributed by atoms with Gasteiger partial charge in [0.2, 0.25) is 0 Å². The number of aryl methyl sites for hydroxylation is 3. The third kappa shape index (κ3) is 2.82. The second kappa shape index (κ2) is 5.61. The average Bonchev–Trinajstić information content (AvgIpc) is 2.48. The molecule has 0 aromatic heterocycles. The highest BCUT2D eigenvalue weighted by molar-refractivity contribution is 5.54. The Balaban J connectivity index is 1.73. The summed E-state index contributed by atoms with van der Waals surface area (Å²) in [7, 11) is 0. The van der Waals surface area contributed by atoms with Crippen molar-refractivity contribution < 1.29 is 8.78 Å². The van der Waals surface area contributed by atoms with Gasteiger partial charge in [0.1, 0.15) is 11.6 Å². The fraction of sp³-hybridized carbons (Fsp3) is 0.294. The van der Waals surface area contributed by atoms with E-state index in [1.54, 1.807) is 0 Å². The zero-order valence-corrected chi connectivity index (χ0v) is 11.3. The van der Waals surface area contributed by atoms with Gasteiger partial charge >= 0.3 is 0 Å². The molecule has 0 spiro atoms. The summed E-state index contributed by atoms with van der Waals surface area (Å²) in [6.45, 7) is 1.03. The molecule has 0 saturated heterocycles. The highest BCUT2D eigenvalue weighted by Gasteiger charge is 2.09. The van der Waals surface area contributed by atoms with Gasteiger partial charge in [-0.3, -0.25) is 0 Å². The lowest BCUT2D eigenvalue weighted by Gasteiger charge is -2.18. The van der Waals surface area contributed by atoms with Crippen LogP contribution >= 0.6 is 0 Å². The Labute approximate surface area is 117 Å². The van der Waals surface area contributed by atoms with Gasteiger partial charge in [0.25, 0.3) is 0 Å². The van der Waals surface area contributed by atoms with Crippen molar-refractivity contribution in [1.82, 2.24) is 0 Å². The summed E-state index contributed by atoms with van der Waals surface area (Å²) >= 11 is 0. The number of nitrogens with one attached hydrogen (secondary N) is 1. The van der Waals surface area contributed by atoms with Crippen molar-refractivity contribution in [1.29, 1.82) is 0 Å². The second-order valence-corrected chi connectivity index (χ2v) is 5.26. The predicted octanol–water partition coefficient (Wildman–Crippen LogP) is 4.11.